The third-order valence-corrected chi connectivity index (χ3v) is 3.24. The second-order valence-corrected chi connectivity index (χ2v) is 4.26. The maximum Gasteiger partial charge on any atom is 0.326 e. The van der Waals surface area contributed by atoms with Gasteiger partial charge >= 0.3 is 5.97 Å². The van der Waals surface area contributed by atoms with Crippen LogP contribution in [0.3, 0.4) is 0 Å². The topological polar surface area (TPSA) is 58.4 Å². The number of nitrogens with zero attached hydrogens (tertiary/aromatic N) is 3. The van der Waals surface area contributed by atoms with E-state index in [9.17, 15) is 9.90 Å². The highest BCUT2D eigenvalue weighted by molar-refractivity contribution is 5.78. The fraction of sp³-hybridized carbons (Fsp3) is 0.636. The van der Waals surface area contributed by atoms with Gasteiger partial charge in [0.25, 0.3) is 0 Å². The van der Waals surface area contributed by atoms with Gasteiger partial charge in [-0.2, -0.15) is 0 Å². The number of carboxylic acid groups (broad SMARTS) is 1. The first-order valence-electron chi connectivity index (χ1n) is 5.65. The summed E-state index contributed by atoms with van der Waals surface area (Å²) in [7, 11) is 0. The van der Waals surface area contributed by atoms with Crippen molar-refractivity contribution in [3.63, 3.8) is 0 Å². The summed E-state index contributed by atoms with van der Waals surface area (Å²) in [5.41, 5.74) is 0. The lowest BCUT2D eigenvalue weighted by molar-refractivity contribution is -0.139. The number of anilines is 1. The van der Waals surface area contributed by atoms with Gasteiger partial charge in [-0.15, -0.1) is 0 Å². The molecule has 0 aromatic carbocycles. The molecule has 1 aromatic heterocycles. The van der Waals surface area contributed by atoms with Crippen molar-refractivity contribution in [3.05, 3.63) is 12.4 Å². The second-order valence-electron chi connectivity index (χ2n) is 4.26. The Kier molecular flexibility index (Phi) is 2.85. The Balaban J connectivity index is 2.30. The first kappa shape index (κ1) is 11.0. The average Bonchev–Trinajstić information content (AvgIpc) is 2.82. The van der Waals surface area contributed by atoms with E-state index in [1.54, 1.807) is 6.20 Å². The summed E-state index contributed by atoms with van der Waals surface area (Å²) in [5.74, 6) is 0.203. The molecule has 1 aliphatic rings. The molecule has 88 valence electrons. The molecule has 1 N–H and O–H groups in total. The van der Waals surface area contributed by atoms with Gasteiger partial charge < -0.3 is 14.6 Å². The fourth-order valence-electron chi connectivity index (χ4n) is 2.36. The lowest BCUT2D eigenvalue weighted by Gasteiger charge is -2.24. The summed E-state index contributed by atoms with van der Waals surface area (Å²) in [6.07, 6.45) is 4.52. The zero-order valence-corrected chi connectivity index (χ0v) is 9.63. The normalized spacial score (nSPS) is 25.0. The second kappa shape index (κ2) is 4.15. The van der Waals surface area contributed by atoms with Gasteiger partial charge in [0.1, 0.15) is 6.04 Å². The van der Waals surface area contributed by atoms with Gasteiger partial charge in [-0.1, -0.05) is 6.92 Å². The number of carbonyl (C=O) groups is 1. The molecule has 1 aromatic rings. The molecule has 0 bridgehead atoms. The van der Waals surface area contributed by atoms with Crippen LogP contribution in [0.4, 0.5) is 5.95 Å². The number of hydrogen-bond acceptors (Lipinski definition) is 3. The quantitative estimate of drug-likeness (QED) is 0.836. The van der Waals surface area contributed by atoms with Crippen LogP contribution in [-0.2, 0) is 11.3 Å². The molecule has 2 unspecified atom stereocenters. The zero-order valence-electron chi connectivity index (χ0n) is 9.63. The Morgan fingerprint density at radius 3 is 3.06 bits per heavy atom. The van der Waals surface area contributed by atoms with E-state index in [1.165, 1.54) is 0 Å². The summed E-state index contributed by atoms with van der Waals surface area (Å²) in [5, 5.41) is 9.24. The number of imidazole rings is 1. The largest absolute Gasteiger partial charge is 0.480 e. The van der Waals surface area contributed by atoms with E-state index >= 15 is 0 Å². The maximum atomic E-state index is 11.2. The molecule has 16 heavy (non-hydrogen) atoms. The summed E-state index contributed by atoms with van der Waals surface area (Å²) >= 11 is 0. The Labute approximate surface area is 94.7 Å². The smallest absolute Gasteiger partial charge is 0.326 e. The molecule has 0 amide bonds. The molecule has 0 saturated carbocycles. The molecular formula is C11H17N3O2. The molecule has 2 heterocycles. The molecule has 0 radical (unpaired) electrons. The van der Waals surface area contributed by atoms with Crippen molar-refractivity contribution in [1.29, 1.82) is 0 Å². The fourth-order valence-corrected chi connectivity index (χ4v) is 2.36. The molecule has 0 spiro atoms. The van der Waals surface area contributed by atoms with Crippen molar-refractivity contribution in [2.75, 3.05) is 11.4 Å². The van der Waals surface area contributed by atoms with Crippen LogP contribution in [-0.4, -0.2) is 33.2 Å². The van der Waals surface area contributed by atoms with Crippen LogP contribution in [0.2, 0.25) is 0 Å². The maximum absolute atomic E-state index is 11.2. The van der Waals surface area contributed by atoms with Crippen molar-refractivity contribution < 1.29 is 9.90 Å². The molecule has 2 rings (SSSR count). The minimum atomic E-state index is -0.754. The van der Waals surface area contributed by atoms with E-state index in [4.69, 9.17) is 0 Å². The van der Waals surface area contributed by atoms with Crippen molar-refractivity contribution >= 4 is 11.9 Å². The van der Waals surface area contributed by atoms with Crippen LogP contribution < -0.4 is 4.90 Å². The van der Waals surface area contributed by atoms with Crippen molar-refractivity contribution in [1.82, 2.24) is 9.55 Å². The third-order valence-electron chi connectivity index (χ3n) is 3.24. The molecule has 1 fully saturated rings. The zero-order chi connectivity index (χ0) is 11.7. The minimum absolute atomic E-state index is 0.180. The number of aryl methyl sites for hydroxylation is 1. The van der Waals surface area contributed by atoms with E-state index in [0.29, 0.717) is 0 Å². The minimum Gasteiger partial charge on any atom is -0.480 e. The van der Waals surface area contributed by atoms with Gasteiger partial charge in [-0.05, 0) is 19.3 Å². The van der Waals surface area contributed by atoms with E-state index in [1.807, 2.05) is 29.5 Å². The average molecular weight is 223 g/mol. The van der Waals surface area contributed by atoms with E-state index < -0.39 is 12.0 Å². The monoisotopic (exact) mass is 223 g/mol. The van der Waals surface area contributed by atoms with Gasteiger partial charge in [-0.3, -0.25) is 0 Å². The number of aromatic nitrogens is 2. The molecule has 0 aliphatic carbocycles. The van der Waals surface area contributed by atoms with Crippen molar-refractivity contribution in [2.24, 2.45) is 5.92 Å². The summed E-state index contributed by atoms with van der Waals surface area (Å²) in [6.45, 7) is 5.60. The summed E-state index contributed by atoms with van der Waals surface area (Å²) in [6, 6.07) is -0.437. The van der Waals surface area contributed by atoms with E-state index in [0.717, 1.165) is 25.5 Å². The molecule has 5 heteroatoms. The molecule has 1 saturated heterocycles. The highest BCUT2D eigenvalue weighted by Crippen LogP contribution is 2.28. The van der Waals surface area contributed by atoms with Gasteiger partial charge in [0.15, 0.2) is 0 Å². The SMILES string of the molecule is CCn1ccnc1N1CCC(C)C1C(=O)O. The van der Waals surface area contributed by atoms with E-state index in [-0.39, 0.29) is 5.92 Å². The number of carboxylic acids is 1. The summed E-state index contributed by atoms with van der Waals surface area (Å²) in [4.78, 5) is 17.4. The van der Waals surface area contributed by atoms with Gasteiger partial charge in [0, 0.05) is 25.5 Å². The predicted octanol–water partition coefficient (Wildman–Crippen LogP) is 1.20. The van der Waals surface area contributed by atoms with Crippen molar-refractivity contribution in [2.45, 2.75) is 32.9 Å². The van der Waals surface area contributed by atoms with Crippen LogP contribution in [0, 0.1) is 5.92 Å². The van der Waals surface area contributed by atoms with E-state index in [2.05, 4.69) is 4.98 Å². The molecule has 5 nitrogen and oxygen atoms in total. The Morgan fingerprint density at radius 2 is 2.44 bits per heavy atom. The van der Waals surface area contributed by atoms with Crippen LogP contribution >= 0.6 is 0 Å². The first-order chi connectivity index (χ1) is 7.65. The molecular weight excluding hydrogens is 206 g/mol. The highest BCUT2D eigenvalue weighted by Gasteiger charge is 2.38. The highest BCUT2D eigenvalue weighted by atomic mass is 16.4. The molecule has 1 aliphatic heterocycles. The standard InChI is InChI=1S/C11H17N3O2/c1-3-13-7-5-12-11(13)14-6-4-8(2)9(14)10(15)16/h5,7-9H,3-4,6H2,1-2H3,(H,15,16). The van der Waals surface area contributed by atoms with Gasteiger partial charge in [-0.25, -0.2) is 9.78 Å². The Hall–Kier alpha value is -1.52. The Morgan fingerprint density at radius 1 is 1.69 bits per heavy atom. The number of aliphatic carboxylic acids is 1. The number of rotatable bonds is 3. The van der Waals surface area contributed by atoms with Crippen LogP contribution in [0.15, 0.2) is 12.4 Å². The lowest BCUT2D eigenvalue weighted by Crippen LogP contribution is -2.40. The predicted molar refractivity (Wildman–Crippen MR) is 60.5 cm³/mol. The summed E-state index contributed by atoms with van der Waals surface area (Å²) < 4.78 is 1.98. The van der Waals surface area contributed by atoms with Crippen LogP contribution in [0.25, 0.3) is 0 Å². The number of hydrogen-bond donors (Lipinski definition) is 1. The van der Waals surface area contributed by atoms with Crippen LogP contribution in [0.5, 0.6) is 0 Å². The van der Waals surface area contributed by atoms with Crippen LogP contribution in [0.1, 0.15) is 20.3 Å². The van der Waals surface area contributed by atoms with Gasteiger partial charge in [0.05, 0.1) is 0 Å². The van der Waals surface area contributed by atoms with Gasteiger partial charge in [0.2, 0.25) is 5.95 Å². The first-order valence-corrected chi connectivity index (χ1v) is 5.65. The van der Waals surface area contributed by atoms with Crippen molar-refractivity contribution in [3.8, 4) is 0 Å². The molecule has 2 atom stereocenters. The Bertz CT molecular complexity index is 388. The lowest BCUT2D eigenvalue weighted by atomic mass is 10.0. The third kappa shape index (κ3) is 1.66.